The van der Waals surface area contributed by atoms with E-state index in [1.54, 1.807) is 16.7 Å². The first-order chi connectivity index (χ1) is 9.10. The molecular formula is C19H24. The summed E-state index contributed by atoms with van der Waals surface area (Å²) in [6, 6.07) is 0. The van der Waals surface area contributed by atoms with Gasteiger partial charge >= 0.3 is 0 Å². The van der Waals surface area contributed by atoms with E-state index < -0.39 is 0 Å². The highest BCUT2D eigenvalue weighted by molar-refractivity contribution is 5.50. The Morgan fingerprint density at radius 3 is 2.74 bits per heavy atom. The Morgan fingerprint density at radius 2 is 2.05 bits per heavy atom. The monoisotopic (exact) mass is 252 g/mol. The maximum absolute atomic E-state index is 3.96. The highest BCUT2D eigenvalue weighted by Gasteiger charge is 2.44. The van der Waals surface area contributed by atoms with E-state index in [0.29, 0.717) is 5.41 Å². The summed E-state index contributed by atoms with van der Waals surface area (Å²) in [6.45, 7) is 8.84. The zero-order chi connectivity index (χ0) is 13.5. The maximum Gasteiger partial charge on any atom is 0.0140 e. The predicted octanol–water partition coefficient (Wildman–Crippen LogP) is 5.51. The molecule has 0 N–H and O–H groups in total. The van der Waals surface area contributed by atoms with Gasteiger partial charge in [0.2, 0.25) is 0 Å². The number of hydrogen-bond acceptors (Lipinski definition) is 0. The van der Waals surface area contributed by atoms with E-state index in [2.05, 4.69) is 56.9 Å². The normalized spacial score (nSPS) is 36.6. The Bertz CT molecular complexity index is 526. The first kappa shape index (κ1) is 12.7. The summed E-state index contributed by atoms with van der Waals surface area (Å²) in [5.74, 6) is 0. The lowest BCUT2D eigenvalue weighted by Gasteiger charge is -2.45. The third-order valence-corrected chi connectivity index (χ3v) is 5.51. The van der Waals surface area contributed by atoms with Gasteiger partial charge in [-0.25, -0.2) is 0 Å². The van der Waals surface area contributed by atoms with Gasteiger partial charge in [0.05, 0.1) is 0 Å². The average molecular weight is 252 g/mol. The van der Waals surface area contributed by atoms with Crippen LogP contribution in [0, 0.1) is 10.8 Å². The molecule has 0 fully saturated rings. The van der Waals surface area contributed by atoms with Crippen LogP contribution < -0.4 is 0 Å². The highest BCUT2D eigenvalue weighted by Crippen LogP contribution is 2.57. The van der Waals surface area contributed by atoms with Gasteiger partial charge in [-0.05, 0) is 43.1 Å². The second kappa shape index (κ2) is 4.37. The van der Waals surface area contributed by atoms with E-state index in [4.69, 9.17) is 0 Å². The van der Waals surface area contributed by atoms with Crippen LogP contribution in [0.4, 0.5) is 0 Å². The van der Waals surface area contributed by atoms with Crippen molar-refractivity contribution in [1.82, 2.24) is 0 Å². The Morgan fingerprint density at radius 1 is 1.21 bits per heavy atom. The summed E-state index contributed by atoms with van der Waals surface area (Å²) in [5.41, 5.74) is 5.50. The molecule has 3 rings (SSSR count). The number of hydrogen-bond donors (Lipinski definition) is 0. The van der Waals surface area contributed by atoms with Crippen LogP contribution in [-0.4, -0.2) is 0 Å². The Hall–Kier alpha value is -1.30. The standard InChI is InChI=1S/C19H24/c1-4-12-18(2)13-14-19(3,15-8-5-6-9-15)17-11-7-10-16(17)18/h4-8,11H,1,9-10,12-14H2,2-3H3. The number of rotatable bonds is 3. The van der Waals surface area contributed by atoms with Crippen LogP contribution in [0.5, 0.6) is 0 Å². The molecule has 3 aliphatic rings. The third kappa shape index (κ3) is 1.81. The van der Waals surface area contributed by atoms with Crippen LogP contribution in [0.2, 0.25) is 0 Å². The van der Waals surface area contributed by atoms with Gasteiger partial charge in [-0.2, -0.15) is 0 Å². The predicted molar refractivity (Wildman–Crippen MR) is 82.9 cm³/mol. The summed E-state index contributed by atoms with van der Waals surface area (Å²) in [7, 11) is 0. The molecule has 0 spiro atoms. The van der Waals surface area contributed by atoms with Crippen LogP contribution in [0.3, 0.4) is 0 Å². The molecule has 0 saturated carbocycles. The second-order valence-electron chi connectivity index (χ2n) is 6.71. The molecule has 0 heterocycles. The Kier molecular flexibility index (Phi) is 2.92. The Labute approximate surface area is 117 Å². The summed E-state index contributed by atoms with van der Waals surface area (Å²) in [4.78, 5) is 0. The molecule has 2 unspecified atom stereocenters. The van der Waals surface area contributed by atoms with Crippen LogP contribution in [-0.2, 0) is 0 Å². The maximum atomic E-state index is 3.96. The molecule has 0 saturated heterocycles. The molecule has 0 aromatic heterocycles. The molecule has 0 aliphatic heterocycles. The zero-order valence-corrected chi connectivity index (χ0v) is 12.2. The summed E-state index contributed by atoms with van der Waals surface area (Å²) in [6.07, 6.45) is 19.7. The molecule has 0 bridgehead atoms. The van der Waals surface area contributed by atoms with Crippen LogP contribution >= 0.6 is 0 Å². The zero-order valence-electron chi connectivity index (χ0n) is 12.2. The molecule has 100 valence electrons. The van der Waals surface area contributed by atoms with Crippen molar-refractivity contribution in [3.8, 4) is 0 Å². The van der Waals surface area contributed by atoms with Crippen molar-refractivity contribution in [3.63, 3.8) is 0 Å². The molecule has 3 aliphatic carbocycles. The molecule has 0 aromatic rings. The van der Waals surface area contributed by atoms with Crippen molar-refractivity contribution >= 4 is 0 Å². The molecule has 19 heavy (non-hydrogen) atoms. The first-order valence-corrected chi connectivity index (χ1v) is 7.48. The van der Waals surface area contributed by atoms with E-state index in [-0.39, 0.29) is 5.41 Å². The minimum absolute atomic E-state index is 0.270. The lowest BCUT2D eigenvalue weighted by Crippen LogP contribution is -2.33. The fourth-order valence-corrected chi connectivity index (χ4v) is 4.14. The van der Waals surface area contributed by atoms with Crippen LogP contribution in [0.1, 0.15) is 46.0 Å². The Balaban J connectivity index is 2.04. The second-order valence-corrected chi connectivity index (χ2v) is 6.71. The largest absolute Gasteiger partial charge is 0.103 e. The van der Waals surface area contributed by atoms with Gasteiger partial charge in [-0.15, -0.1) is 6.58 Å². The van der Waals surface area contributed by atoms with Crippen molar-refractivity contribution in [3.05, 3.63) is 59.8 Å². The van der Waals surface area contributed by atoms with Crippen LogP contribution in [0.25, 0.3) is 0 Å². The van der Waals surface area contributed by atoms with Crippen molar-refractivity contribution < 1.29 is 0 Å². The van der Waals surface area contributed by atoms with E-state index in [9.17, 15) is 0 Å². The summed E-state index contributed by atoms with van der Waals surface area (Å²) >= 11 is 0. The van der Waals surface area contributed by atoms with Crippen molar-refractivity contribution in [2.45, 2.75) is 46.0 Å². The SMILES string of the molecule is C=CCC1(C)CCC(C)(C2=CC=CC2)C2=C1CC=C2. The van der Waals surface area contributed by atoms with Gasteiger partial charge in [-0.1, -0.05) is 61.4 Å². The molecular weight excluding hydrogens is 228 g/mol. The van der Waals surface area contributed by atoms with E-state index in [1.165, 1.54) is 12.8 Å². The van der Waals surface area contributed by atoms with Crippen molar-refractivity contribution in [2.24, 2.45) is 10.8 Å². The van der Waals surface area contributed by atoms with Crippen molar-refractivity contribution in [2.75, 3.05) is 0 Å². The van der Waals surface area contributed by atoms with Crippen molar-refractivity contribution in [1.29, 1.82) is 0 Å². The lowest BCUT2D eigenvalue weighted by molar-refractivity contribution is 0.259. The van der Waals surface area contributed by atoms with Crippen LogP contribution in [0.15, 0.2) is 59.8 Å². The minimum Gasteiger partial charge on any atom is -0.103 e. The average Bonchev–Trinajstić information content (AvgIpc) is 3.05. The lowest BCUT2D eigenvalue weighted by atomic mass is 9.59. The van der Waals surface area contributed by atoms with Gasteiger partial charge in [0, 0.05) is 5.41 Å². The fourth-order valence-electron chi connectivity index (χ4n) is 4.14. The number of allylic oxidation sites excluding steroid dienone is 9. The van der Waals surface area contributed by atoms with Gasteiger partial charge < -0.3 is 0 Å². The molecule has 0 nitrogen and oxygen atoms in total. The molecule has 0 aromatic carbocycles. The third-order valence-electron chi connectivity index (χ3n) is 5.51. The van der Waals surface area contributed by atoms with Gasteiger partial charge in [0.1, 0.15) is 0 Å². The first-order valence-electron chi connectivity index (χ1n) is 7.48. The van der Waals surface area contributed by atoms with Gasteiger partial charge in [-0.3, -0.25) is 0 Å². The highest BCUT2D eigenvalue weighted by atomic mass is 14.5. The van der Waals surface area contributed by atoms with E-state index in [1.807, 2.05) is 0 Å². The summed E-state index contributed by atoms with van der Waals surface area (Å²) in [5, 5.41) is 0. The molecule has 0 amide bonds. The molecule has 0 heteroatoms. The van der Waals surface area contributed by atoms with Gasteiger partial charge in [0.25, 0.3) is 0 Å². The van der Waals surface area contributed by atoms with Gasteiger partial charge in [0.15, 0.2) is 0 Å². The fraction of sp³-hybridized carbons (Fsp3) is 0.474. The molecule has 0 radical (unpaired) electrons. The molecule has 2 atom stereocenters. The minimum atomic E-state index is 0.270. The summed E-state index contributed by atoms with van der Waals surface area (Å²) < 4.78 is 0. The van der Waals surface area contributed by atoms with E-state index in [0.717, 1.165) is 19.3 Å². The smallest absolute Gasteiger partial charge is 0.0140 e. The van der Waals surface area contributed by atoms with E-state index >= 15 is 0 Å². The topological polar surface area (TPSA) is 0 Å². The quantitative estimate of drug-likeness (QED) is 0.581.